The van der Waals surface area contributed by atoms with Gasteiger partial charge in [0.1, 0.15) is 4.21 Å². The molecule has 0 N–H and O–H groups in total. The van der Waals surface area contributed by atoms with Gasteiger partial charge in [0, 0.05) is 5.39 Å². The lowest BCUT2D eigenvalue weighted by molar-refractivity contribution is 0.561. The maximum Gasteiger partial charge on any atom is 0.190 e. The molecule has 0 radical (unpaired) electrons. The van der Waals surface area contributed by atoms with Gasteiger partial charge in [-0.3, -0.25) is 0 Å². The van der Waals surface area contributed by atoms with E-state index in [9.17, 15) is 16.8 Å². The summed E-state index contributed by atoms with van der Waals surface area (Å²) in [6.07, 6.45) is 0.316. The van der Waals surface area contributed by atoms with Gasteiger partial charge in [-0.25, -0.2) is 16.8 Å². The molecule has 1 aromatic heterocycles. The van der Waals surface area contributed by atoms with Crippen molar-refractivity contribution in [3.8, 4) is 0 Å². The molecule has 0 aliphatic heterocycles. The number of benzene rings is 2. The summed E-state index contributed by atoms with van der Waals surface area (Å²) in [6.45, 7) is 6.74. The molecule has 0 bridgehead atoms. The summed E-state index contributed by atoms with van der Waals surface area (Å²) < 4.78 is 51.1. The van der Waals surface area contributed by atoms with Crippen molar-refractivity contribution in [3.63, 3.8) is 0 Å². The van der Waals surface area contributed by atoms with Crippen molar-refractivity contribution in [1.29, 1.82) is 0 Å². The van der Waals surface area contributed by atoms with Crippen molar-refractivity contribution in [2.45, 2.75) is 53.2 Å². The largest absolute Gasteiger partial charge is 0.223 e. The highest BCUT2D eigenvalue weighted by molar-refractivity contribution is 7.94. The van der Waals surface area contributed by atoms with E-state index in [1.165, 1.54) is 11.3 Å². The normalized spacial score (nSPS) is 14.3. The molecular weight excluding hydrogens is 412 g/mol. The van der Waals surface area contributed by atoms with Crippen LogP contribution in [0.4, 0.5) is 0 Å². The van der Waals surface area contributed by atoms with E-state index < -0.39 is 29.7 Å². The molecular formula is C21H24O4S3. The zero-order chi connectivity index (χ0) is 20.7. The third-order valence-corrected chi connectivity index (χ3v) is 11.0. The molecule has 28 heavy (non-hydrogen) atoms. The van der Waals surface area contributed by atoms with Crippen molar-refractivity contribution in [3.05, 3.63) is 59.5 Å². The summed E-state index contributed by atoms with van der Waals surface area (Å²) in [5, 5.41) is 2.55. The van der Waals surface area contributed by atoms with E-state index in [2.05, 4.69) is 0 Å². The third kappa shape index (κ3) is 3.63. The first-order valence-corrected chi connectivity index (χ1v) is 12.9. The van der Waals surface area contributed by atoms with Crippen LogP contribution in [0.1, 0.15) is 33.3 Å². The van der Waals surface area contributed by atoms with E-state index in [1.807, 2.05) is 12.1 Å². The van der Waals surface area contributed by atoms with Gasteiger partial charge in [0.2, 0.25) is 0 Å². The maximum absolute atomic E-state index is 13.0. The summed E-state index contributed by atoms with van der Waals surface area (Å²) in [7, 11) is -6.95. The second-order valence-corrected chi connectivity index (χ2v) is 14.1. The van der Waals surface area contributed by atoms with E-state index >= 15 is 0 Å². The number of hydrogen-bond donors (Lipinski definition) is 0. The van der Waals surface area contributed by atoms with Crippen LogP contribution in [0.5, 0.6) is 0 Å². The van der Waals surface area contributed by atoms with Gasteiger partial charge in [-0.2, -0.15) is 0 Å². The van der Waals surface area contributed by atoms with Crippen molar-refractivity contribution < 1.29 is 16.8 Å². The van der Waals surface area contributed by atoms with Crippen molar-refractivity contribution in [2.24, 2.45) is 0 Å². The monoisotopic (exact) mass is 436 g/mol. The summed E-state index contributed by atoms with van der Waals surface area (Å²) in [6, 6.07) is 14.0. The molecule has 1 atom stereocenters. The summed E-state index contributed by atoms with van der Waals surface area (Å²) in [4.78, 5) is 0.285. The van der Waals surface area contributed by atoms with Gasteiger partial charge < -0.3 is 0 Å². The molecule has 1 unspecified atom stereocenters. The number of fused-ring (bicyclic) bond motifs is 1. The smallest absolute Gasteiger partial charge is 0.190 e. The van der Waals surface area contributed by atoms with Crippen LogP contribution in [0, 0.1) is 0 Å². The third-order valence-electron chi connectivity index (χ3n) is 4.88. The zero-order valence-electron chi connectivity index (χ0n) is 16.3. The van der Waals surface area contributed by atoms with Crippen LogP contribution in [0.2, 0.25) is 0 Å². The average Bonchev–Trinajstić information content (AvgIpc) is 3.16. The van der Waals surface area contributed by atoms with Crippen LogP contribution in [0.3, 0.4) is 0 Å². The molecule has 0 amide bonds. The Bertz CT molecular complexity index is 1200. The van der Waals surface area contributed by atoms with Crippen LogP contribution in [-0.4, -0.2) is 26.8 Å². The molecule has 150 valence electrons. The maximum atomic E-state index is 13.0. The first-order chi connectivity index (χ1) is 13.0. The second kappa shape index (κ2) is 7.28. The van der Waals surface area contributed by atoms with Gasteiger partial charge >= 0.3 is 0 Å². The fraction of sp³-hybridized carbons (Fsp3) is 0.333. The molecule has 0 saturated heterocycles. The molecule has 0 aliphatic rings. The van der Waals surface area contributed by atoms with E-state index in [0.29, 0.717) is 16.0 Å². The molecule has 7 heteroatoms. The van der Waals surface area contributed by atoms with Crippen LogP contribution in [0.15, 0.2) is 63.0 Å². The van der Waals surface area contributed by atoms with E-state index in [1.54, 1.807) is 69.5 Å². The highest BCUT2D eigenvalue weighted by Crippen LogP contribution is 2.33. The summed E-state index contributed by atoms with van der Waals surface area (Å²) >= 11 is 1.21. The second-order valence-electron chi connectivity index (χ2n) is 7.88. The number of rotatable bonds is 5. The molecule has 0 spiro atoms. The molecule has 4 nitrogen and oxygen atoms in total. The Morgan fingerprint density at radius 1 is 0.893 bits per heavy atom. The summed E-state index contributed by atoms with van der Waals surface area (Å²) in [5.74, 6) is 0. The zero-order valence-corrected chi connectivity index (χ0v) is 18.8. The van der Waals surface area contributed by atoms with Crippen LogP contribution < -0.4 is 0 Å². The number of hydrogen-bond acceptors (Lipinski definition) is 5. The number of sulfone groups is 2. The molecule has 0 aliphatic carbocycles. The van der Waals surface area contributed by atoms with Gasteiger partial charge in [0.25, 0.3) is 0 Å². The predicted octanol–water partition coefficient (Wildman–Crippen LogP) is 4.88. The fourth-order valence-corrected chi connectivity index (χ4v) is 7.22. The highest BCUT2D eigenvalue weighted by atomic mass is 32.2. The van der Waals surface area contributed by atoms with Crippen LogP contribution >= 0.6 is 11.3 Å². The Hall–Kier alpha value is -1.70. The predicted molar refractivity (Wildman–Crippen MR) is 116 cm³/mol. The molecule has 3 rings (SSSR count). The van der Waals surface area contributed by atoms with E-state index in [-0.39, 0.29) is 4.90 Å². The van der Waals surface area contributed by atoms with Crippen molar-refractivity contribution in [2.75, 3.05) is 0 Å². The van der Waals surface area contributed by atoms with Crippen LogP contribution in [-0.2, 0) is 26.1 Å². The summed E-state index contributed by atoms with van der Waals surface area (Å²) in [5.41, 5.74) is 0.830. The first-order valence-electron chi connectivity index (χ1n) is 8.99. The number of thiophene rings is 1. The average molecular weight is 437 g/mol. The Labute approximate surface area is 171 Å². The van der Waals surface area contributed by atoms with Gasteiger partial charge in [-0.1, -0.05) is 36.4 Å². The minimum atomic E-state index is -3.53. The first kappa shape index (κ1) is 21.0. The topological polar surface area (TPSA) is 68.3 Å². The van der Waals surface area contributed by atoms with Gasteiger partial charge in [-0.05, 0) is 62.6 Å². The lowest BCUT2D eigenvalue weighted by Crippen LogP contribution is -2.28. The van der Waals surface area contributed by atoms with E-state index in [0.717, 1.165) is 10.9 Å². The SMILES string of the molecule is CC(Cc1cccc2c(S(=O)(=O)C(C)(C)C)cccc12)S(=O)(=O)c1cccs1. The van der Waals surface area contributed by atoms with Crippen molar-refractivity contribution >= 4 is 41.8 Å². The Morgan fingerprint density at radius 3 is 2.14 bits per heavy atom. The lowest BCUT2D eigenvalue weighted by atomic mass is 10.0. The standard InChI is InChI=1S/C21H24O4S3/c1-15(27(22,23)20-12-7-13-26-20)14-16-8-5-10-18-17(16)9-6-11-19(18)28(24,25)21(2,3)4/h5-13,15H,14H2,1-4H3. The fourth-order valence-electron chi connectivity index (χ4n) is 3.13. The minimum Gasteiger partial charge on any atom is -0.223 e. The highest BCUT2D eigenvalue weighted by Gasteiger charge is 2.32. The molecule has 3 aromatic rings. The van der Waals surface area contributed by atoms with Gasteiger partial charge in [0.05, 0.1) is 14.9 Å². The van der Waals surface area contributed by atoms with Crippen molar-refractivity contribution in [1.82, 2.24) is 0 Å². The molecule has 2 aromatic carbocycles. The minimum absolute atomic E-state index is 0.285. The van der Waals surface area contributed by atoms with Gasteiger partial charge in [-0.15, -0.1) is 11.3 Å². The van der Waals surface area contributed by atoms with Crippen LogP contribution in [0.25, 0.3) is 10.8 Å². The molecule has 1 heterocycles. The quantitative estimate of drug-likeness (QED) is 0.572. The Balaban J connectivity index is 2.09. The lowest BCUT2D eigenvalue weighted by Gasteiger charge is -2.21. The molecule has 0 saturated carbocycles. The Kier molecular flexibility index (Phi) is 5.47. The van der Waals surface area contributed by atoms with Gasteiger partial charge in [0.15, 0.2) is 19.7 Å². The Morgan fingerprint density at radius 2 is 1.54 bits per heavy atom. The molecule has 0 fully saturated rings. The van der Waals surface area contributed by atoms with E-state index in [4.69, 9.17) is 0 Å².